The van der Waals surface area contributed by atoms with Crippen molar-refractivity contribution in [3.8, 4) is 0 Å². The molecule has 1 fully saturated rings. The Labute approximate surface area is 117 Å². The normalized spacial score (nSPS) is 18.1. The van der Waals surface area contributed by atoms with Crippen LogP contribution in [-0.4, -0.2) is 44.3 Å². The summed E-state index contributed by atoms with van der Waals surface area (Å²) in [5.74, 6) is 0.799. The molecular weight excluding hydrogens is 276 g/mol. The summed E-state index contributed by atoms with van der Waals surface area (Å²) in [6.45, 7) is 0.767. The Morgan fingerprint density at radius 2 is 1.85 bits per heavy atom. The van der Waals surface area contributed by atoms with Crippen LogP contribution in [-0.2, 0) is 9.84 Å². The minimum absolute atomic E-state index is 0.111. The molecule has 0 atom stereocenters. The third kappa shape index (κ3) is 2.38. The van der Waals surface area contributed by atoms with Crippen LogP contribution in [0.15, 0.2) is 30.3 Å². The molecule has 1 aromatic heterocycles. The number of fused-ring (bicyclic) bond motifs is 1. The third-order valence-corrected chi connectivity index (χ3v) is 5.11. The quantitative estimate of drug-likeness (QED) is 0.779. The monoisotopic (exact) mass is 290 g/mol. The molecule has 104 valence electrons. The fourth-order valence-corrected chi connectivity index (χ4v) is 3.59. The molecule has 2 heterocycles. The predicted molar refractivity (Wildman–Crippen MR) is 78.0 cm³/mol. The summed E-state index contributed by atoms with van der Waals surface area (Å²) in [6.07, 6.45) is 0.776. The topological polar surface area (TPSA) is 67.3 Å². The highest BCUT2D eigenvalue weighted by atomic mass is 32.2. The molecule has 2 aromatic rings. The van der Waals surface area contributed by atoms with Gasteiger partial charge in [-0.3, -0.25) is 4.79 Å². The summed E-state index contributed by atoms with van der Waals surface area (Å²) >= 11 is 0. The molecule has 0 unspecified atom stereocenters. The number of aldehydes is 1. The minimum atomic E-state index is -2.94. The summed E-state index contributed by atoms with van der Waals surface area (Å²) in [6, 6.07) is 9.37. The largest absolute Gasteiger partial charge is 0.354 e. The van der Waals surface area contributed by atoms with Gasteiger partial charge in [-0.05, 0) is 12.1 Å². The first kappa shape index (κ1) is 13.1. The average Bonchev–Trinajstić information content (AvgIpc) is 2.46. The number of carbonyl (C=O) groups excluding carboxylic acids is 1. The van der Waals surface area contributed by atoms with Gasteiger partial charge in [-0.2, -0.15) is 0 Å². The molecule has 1 saturated heterocycles. The van der Waals surface area contributed by atoms with E-state index in [4.69, 9.17) is 0 Å². The van der Waals surface area contributed by atoms with Crippen molar-refractivity contribution >= 4 is 32.8 Å². The van der Waals surface area contributed by atoms with Gasteiger partial charge in [-0.15, -0.1) is 0 Å². The number of aromatic nitrogens is 1. The number of rotatable bonds is 2. The third-order valence-electron chi connectivity index (χ3n) is 3.50. The number of carbonyl (C=O) groups is 1. The number of benzene rings is 1. The van der Waals surface area contributed by atoms with Crippen LogP contribution in [0.5, 0.6) is 0 Å². The van der Waals surface area contributed by atoms with Gasteiger partial charge in [-0.25, -0.2) is 13.4 Å². The second kappa shape index (κ2) is 4.86. The van der Waals surface area contributed by atoms with Gasteiger partial charge in [0.15, 0.2) is 16.1 Å². The molecule has 20 heavy (non-hydrogen) atoms. The van der Waals surface area contributed by atoms with Crippen LogP contribution in [0.3, 0.4) is 0 Å². The van der Waals surface area contributed by atoms with Gasteiger partial charge >= 0.3 is 0 Å². The number of nitrogens with zero attached hydrogens (tertiary/aromatic N) is 2. The first-order valence-electron chi connectivity index (χ1n) is 6.39. The van der Waals surface area contributed by atoms with Gasteiger partial charge in [0.2, 0.25) is 0 Å². The van der Waals surface area contributed by atoms with Crippen molar-refractivity contribution in [3.05, 3.63) is 35.9 Å². The van der Waals surface area contributed by atoms with E-state index >= 15 is 0 Å². The molecule has 3 rings (SSSR count). The molecular formula is C14H14N2O3S. The Morgan fingerprint density at radius 3 is 2.55 bits per heavy atom. The van der Waals surface area contributed by atoms with E-state index in [1.807, 2.05) is 29.2 Å². The fraction of sp³-hybridized carbons (Fsp3) is 0.286. The second-order valence-electron chi connectivity index (χ2n) is 4.85. The molecule has 1 aliphatic heterocycles. The zero-order valence-electron chi connectivity index (χ0n) is 10.8. The van der Waals surface area contributed by atoms with Crippen LogP contribution in [0.1, 0.15) is 10.4 Å². The summed E-state index contributed by atoms with van der Waals surface area (Å²) in [7, 11) is -2.94. The van der Waals surface area contributed by atoms with Crippen molar-refractivity contribution in [2.45, 2.75) is 0 Å². The molecule has 0 spiro atoms. The predicted octanol–water partition coefficient (Wildman–Crippen LogP) is 1.28. The van der Waals surface area contributed by atoms with Crippen LogP contribution in [0.4, 0.5) is 5.82 Å². The van der Waals surface area contributed by atoms with Crippen molar-refractivity contribution in [2.24, 2.45) is 0 Å². The lowest BCUT2D eigenvalue weighted by Crippen LogP contribution is -2.41. The maximum atomic E-state index is 11.5. The van der Waals surface area contributed by atoms with E-state index < -0.39 is 9.84 Å². The van der Waals surface area contributed by atoms with E-state index in [-0.39, 0.29) is 11.5 Å². The average molecular weight is 290 g/mol. The van der Waals surface area contributed by atoms with Crippen molar-refractivity contribution in [3.63, 3.8) is 0 Å². The highest BCUT2D eigenvalue weighted by molar-refractivity contribution is 7.91. The summed E-state index contributed by atoms with van der Waals surface area (Å²) in [5.41, 5.74) is 1.31. The van der Waals surface area contributed by atoms with Gasteiger partial charge in [0.1, 0.15) is 5.82 Å². The van der Waals surface area contributed by atoms with Crippen molar-refractivity contribution < 1.29 is 13.2 Å². The minimum Gasteiger partial charge on any atom is -0.354 e. The fourth-order valence-electron chi connectivity index (χ4n) is 2.39. The Hall–Kier alpha value is -1.95. The van der Waals surface area contributed by atoms with Crippen LogP contribution >= 0.6 is 0 Å². The van der Waals surface area contributed by atoms with Gasteiger partial charge in [0.05, 0.1) is 22.6 Å². The van der Waals surface area contributed by atoms with Gasteiger partial charge in [0.25, 0.3) is 0 Å². The molecule has 0 N–H and O–H groups in total. The second-order valence-corrected chi connectivity index (χ2v) is 7.15. The first-order valence-corrected chi connectivity index (χ1v) is 8.21. The van der Waals surface area contributed by atoms with Gasteiger partial charge in [-0.1, -0.05) is 18.2 Å². The maximum absolute atomic E-state index is 11.5. The van der Waals surface area contributed by atoms with Crippen LogP contribution < -0.4 is 4.90 Å². The first-order chi connectivity index (χ1) is 9.59. The summed E-state index contributed by atoms with van der Waals surface area (Å²) in [4.78, 5) is 17.6. The van der Waals surface area contributed by atoms with Gasteiger partial charge < -0.3 is 4.90 Å². The van der Waals surface area contributed by atoms with Crippen LogP contribution in [0.25, 0.3) is 10.9 Å². The molecule has 5 nitrogen and oxygen atoms in total. The molecule has 1 aliphatic rings. The Balaban J connectivity index is 2.04. The molecule has 0 saturated carbocycles. The number of hydrogen-bond donors (Lipinski definition) is 0. The zero-order valence-corrected chi connectivity index (χ0v) is 11.6. The lowest BCUT2D eigenvalue weighted by Gasteiger charge is -2.28. The molecule has 0 bridgehead atoms. The molecule has 0 radical (unpaired) electrons. The highest BCUT2D eigenvalue weighted by Crippen LogP contribution is 2.23. The van der Waals surface area contributed by atoms with E-state index in [9.17, 15) is 13.2 Å². The number of anilines is 1. The smallest absolute Gasteiger partial charge is 0.153 e. The molecule has 0 aliphatic carbocycles. The molecule has 6 heteroatoms. The maximum Gasteiger partial charge on any atom is 0.153 e. The van der Waals surface area contributed by atoms with E-state index in [0.717, 1.165) is 17.2 Å². The number of pyridine rings is 1. The van der Waals surface area contributed by atoms with Crippen LogP contribution in [0.2, 0.25) is 0 Å². The standard InChI is InChI=1S/C14H14N2O3S/c17-10-12-9-11-3-1-2-4-13(11)15-14(12)16-5-7-20(18,19)8-6-16/h1-4,9-10H,5-8H2. The van der Waals surface area contributed by atoms with Crippen molar-refractivity contribution in [1.29, 1.82) is 0 Å². The van der Waals surface area contributed by atoms with Crippen molar-refractivity contribution in [2.75, 3.05) is 29.5 Å². The summed E-state index contributed by atoms with van der Waals surface area (Å²) in [5, 5.41) is 0.906. The highest BCUT2D eigenvalue weighted by Gasteiger charge is 2.24. The SMILES string of the molecule is O=Cc1cc2ccccc2nc1N1CCS(=O)(=O)CC1. The Morgan fingerprint density at radius 1 is 1.15 bits per heavy atom. The van der Waals surface area contributed by atoms with Crippen molar-refractivity contribution in [1.82, 2.24) is 4.98 Å². The summed E-state index contributed by atoms with van der Waals surface area (Å²) < 4.78 is 23.0. The zero-order chi connectivity index (χ0) is 14.2. The van der Waals surface area contributed by atoms with E-state index in [2.05, 4.69) is 4.98 Å². The number of sulfone groups is 1. The van der Waals surface area contributed by atoms with E-state index in [1.54, 1.807) is 6.07 Å². The van der Waals surface area contributed by atoms with Gasteiger partial charge in [0, 0.05) is 18.5 Å². The molecule has 1 aromatic carbocycles. The lowest BCUT2D eigenvalue weighted by molar-refractivity contribution is 0.112. The number of para-hydroxylation sites is 1. The lowest BCUT2D eigenvalue weighted by atomic mass is 10.1. The molecule has 0 amide bonds. The number of hydrogen-bond acceptors (Lipinski definition) is 5. The Kier molecular flexibility index (Phi) is 3.17. The van der Waals surface area contributed by atoms with Crippen LogP contribution in [0, 0.1) is 0 Å². The Bertz CT molecular complexity index is 757. The van der Waals surface area contributed by atoms with E-state index in [1.165, 1.54) is 0 Å². The van der Waals surface area contributed by atoms with E-state index in [0.29, 0.717) is 24.5 Å².